The van der Waals surface area contributed by atoms with Gasteiger partial charge in [0.1, 0.15) is 0 Å². The molecule has 5 heteroatoms. The lowest BCUT2D eigenvalue weighted by atomic mass is 9.91. The van der Waals surface area contributed by atoms with E-state index in [1.165, 1.54) is 0 Å². The van der Waals surface area contributed by atoms with Gasteiger partial charge in [0.25, 0.3) is 0 Å². The lowest BCUT2D eigenvalue weighted by Crippen LogP contribution is -2.42. The highest BCUT2D eigenvalue weighted by atomic mass is 35.5. The van der Waals surface area contributed by atoms with Gasteiger partial charge in [0.15, 0.2) is 0 Å². The summed E-state index contributed by atoms with van der Waals surface area (Å²) in [4.78, 5) is 14.3. The van der Waals surface area contributed by atoms with Crippen molar-refractivity contribution < 1.29 is 4.79 Å². The average molecular weight is 310 g/mol. The molecule has 1 unspecified atom stereocenters. The first kappa shape index (κ1) is 16.3. The molecule has 21 heavy (non-hydrogen) atoms. The van der Waals surface area contributed by atoms with E-state index in [-0.39, 0.29) is 11.9 Å². The van der Waals surface area contributed by atoms with Crippen LogP contribution in [-0.2, 0) is 4.79 Å². The normalized spacial score (nSPS) is 18.5. The van der Waals surface area contributed by atoms with Crippen LogP contribution in [0.4, 0.5) is 5.69 Å². The molecule has 0 aliphatic carbocycles. The van der Waals surface area contributed by atoms with Crippen LogP contribution >= 0.6 is 11.6 Å². The number of anilines is 1. The predicted molar refractivity (Wildman–Crippen MR) is 87.6 cm³/mol. The van der Waals surface area contributed by atoms with E-state index in [1.54, 1.807) is 6.07 Å². The summed E-state index contributed by atoms with van der Waals surface area (Å²) in [6.45, 7) is 6.33. The summed E-state index contributed by atoms with van der Waals surface area (Å²) in [6, 6.07) is 5.77. The van der Waals surface area contributed by atoms with Crippen molar-refractivity contribution in [2.75, 3.05) is 25.0 Å². The van der Waals surface area contributed by atoms with Crippen molar-refractivity contribution in [3.8, 4) is 0 Å². The van der Waals surface area contributed by atoms with Gasteiger partial charge < -0.3 is 11.1 Å². The number of likely N-dealkylation sites (tertiary alicyclic amines) is 1. The van der Waals surface area contributed by atoms with Crippen molar-refractivity contribution >= 4 is 23.2 Å². The molecule has 1 atom stereocenters. The molecule has 1 amide bonds. The van der Waals surface area contributed by atoms with Crippen molar-refractivity contribution in [3.63, 3.8) is 0 Å². The second-order valence-electron chi connectivity index (χ2n) is 5.98. The molecule has 1 aliphatic rings. The smallest absolute Gasteiger partial charge is 0.238 e. The highest BCUT2D eigenvalue weighted by molar-refractivity contribution is 6.31. The topological polar surface area (TPSA) is 58.4 Å². The Labute approximate surface area is 131 Å². The van der Waals surface area contributed by atoms with E-state index in [1.807, 2.05) is 19.1 Å². The van der Waals surface area contributed by atoms with E-state index >= 15 is 0 Å². The predicted octanol–water partition coefficient (Wildman–Crippen LogP) is 2.65. The van der Waals surface area contributed by atoms with E-state index < -0.39 is 0 Å². The highest BCUT2D eigenvalue weighted by Gasteiger charge is 2.23. The molecule has 1 saturated heterocycles. The van der Waals surface area contributed by atoms with Gasteiger partial charge in [-0.15, -0.1) is 0 Å². The maximum atomic E-state index is 12.1. The van der Waals surface area contributed by atoms with Gasteiger partial charge in [0, 0.05) is 16.8 Å². The molecule has 1 fully saturated rings. The van der Waals surface area contributed by atoms with Gasteiger partial charge >= 0.3 is 0 Å². The van der Waals surface area contributed by atoms with Crippen LogP contribution in [0.3, 0.4) is 0 Å². The number of hydrogen-bond acceptors (Lipinski definition) is 3. The Kier molecular flexibility index (Phi) is 5.62. The molecule has 3 N–H and O–H groups in total. The van der Waals surface area contributed by atoms with E-state index in [4.69, 9.17) is 17.3 Å². The molecule has 0 aromatic heterocycles. The molecule has 1 aromatic rings. The number of nitrogens with two attached hydrogens (primary N) is 1. The summed E-state index contributed by atoms with van der Waals surface area (Å²) >= 11 is 5.96. The lowest BCUT2D eigenvalue weighted by Gasteiger charge is -2.33. The minimum Gasteiger partial charge on any atom is -0.328 e. The van der Waals surface area contributed by atoms with Crippen LogP contribution in [0.5, 0.6) is 0 Å². The zero-order chi connectivity index (χ0) is 15.4. The van der Waals surface area contributed by atoms with Crippen LogP contribution in [0.2, 0.25) is 5.02 Å². The molecule has 1 aromatic carbocycles. The molecule has 0 saturated carbocycles. The average Bonchev–Trinajstić information content (AvgIpc) is 2.43. The summed E-state index contributed by atoms with van der Waals surface area (Å²) in [5.74, 6) is 0.596. The summed E-state index contributed by atoms with van der Waals surface area (Å²) in [5, 5.41) is 3.58. The molecular weight excluding hydrogens is 286 g/mol. The van der Waals surface area contributed by atoms with Crippen molar-refractivity contribution in [1.82, 2.24) is 4.90 Å². The summed E-state index contributed by atoms with van der Waals surface area (Å²) < 4.78 is 0. The molecule has 0 spiro atoms. The number of benzene rings is 1. The number of aryl methyl sites for hydroxylation is 1. The quantitative estimate of drug-likeness (QED) is 0.899. The Hall–Kier alpha value is -1.10. The van der Waals surface area contributed by atoms with Crippen LogP contribution in [0, 0.1) is 12.8 Å². The third-order valence-corrected chi connectivity index (χ3v) is 4.45. The minimum atomic E-state index is 0.0135. The van der Waals surface area contributed by atoms with Crippen LogP contribution in [-0.4, -0.2) is 36.5 Å². The van der Waals surface area contributed by atoms with Crippen LogP contribution in [0.15, 0.2) is 18.2 Å². The number of nitrogens with zero attached hydrogens (tertiary/aromatic N) is 1. The fourth-order valence-corrected chi connectivity index (χ4v) is 2.93. The van der Waals surface area contributed by atoms with Gasteiger partial charge in [-0.25, -0.2) is 0 Å². The minimum absolute atomic E-state index is 0.0135. The number of halogens is 1. The number of carbonyl (C=O) groups excluding carboxylic acids is 1. The number of piperidine rings is 1. The molecule has 1 heterocycles. The Balaban J connectivity index is 1.84. The summed E-state index contributed by atoms with van der Waals surface area (Å²) in [6.07, 6.45) is 2.14. The van der Waals surface area contributed by atoms with Gasteiger partial charge in [-0.2, -0.15) is 0 Å². The molecule has 1 aliphatic heterocycles. The second-order valence-corrected chi connectivity index (χ2v) is 6.42. The fraction of sp³-hybridized carbons (Fsp3) is 0.562. The number of carbonyl (C=O) groups is 1. The van der Waals surface area contributed by atoms with Crippen molar-refractivity contribution in [2.24, 2.45) is 11.7 Å². The fourth-order valence-electron chi connectivity index (χ4n) is 2.76. The Morgan fingerprint density at radius 1 is 1.48 bits per heavy atom. The molecule has 0 radical (unpaired) electrons. The Bertz CT molecular complexity index is 496. The third kappa shape index (κ3) is 4.70. The van der Waals surface area contributed by atoms with Crippen molar-refractivity contribution in [1.29, 1.82) is 0 Å². The maximum Gasteiger partial charge on any atom is 0.238 e. The van der Waals surface area contributed by atoms with Crippen molar-refractivity contribution in [3.05, 3.63) is 28.8 Å². The standard InChI is InChI=1S/C16H24ClN3O/c1-11-3-4-14(17)9-15(11)19-16(21)10-20-7-5-13(6-8-20)12(2)18/h3-4,9,12-13H,5-8,10,18H2,1-2H3,(H,19,21). The van der Waals surface area contributed by atoms with E-state index in [0.29, 0.717) is 17.5 Å². The van der Waals surface area contributed by atoms with Crippen molar-refractivity contribution in [2.45, 2.75) is 32.7 Å². The highest BCUT2D eigenvalue weighted by Crippen LogP contribution is 2.21. The van der Waals surface area contributed by atoms with Gasteiger partial charge in [-0.1, -0.05) is 17.7 Å². The van der Waals surface area contributed by atoms with Gasteiger partial charge in [-0.05, 0) is 63.4 Å². The second kappa shape index (κ2) is 7.25. The molecule has 4 nitrogen and oxygen atoms in total. The SMILES string of the molecule is Cc1ccc(Cl)cc1NC(=O)CN1CCC(C(C)N)CC1. The maximum absolute atomic E-state index is 12.1. The molecule has 116 valence electrons. The summed E-state index contributed by atoms with van der Waals surface area (Å²) in [5.41, 5.74) is 7.74. The molecular formula is C16H24ClN3O. The van der Waals surface area contributed by atoms with E-state index in [0.717, 1.165) is 37.2 Å². The number of rotatable bonds is 4. The van der Waals surface area contributed by atoms with Gasteiger partial charge in [0.2, 0.25) is 5.91 Å². The van der Waals surface area contributed by atoms with E-state index in [9.17, 15) is 4.79 Å². The first-order chi connectivity index (χ1) is 9.95. The van der Waals surface area contributed by atoms with Gasteiger partial charge in [-0.3, -0.25) is 9.69 Å². The largest absolute Gasteiger partial charge is 0.328 e. The summed E-state index contributed by atoms with van der Waals surface area (Å²) in [7, 11) is 0. The molecule has 0 bridgehead atoms. The monoisotopic (exact) mass is 309 g/mol. The van der Waals surface area contributed by atoms with Crippen LogP contribution in [0.25, 0.3) is 0 Å². The zero-order valence-corrected chi connectivity index (χ0v) is 13.5. The zero-order valence-electron chi connectivity index (χ0n) is 12.7. The Morgan fingerprint density at radius 3 is 2.76 bits per heavy atom. The van der Waals surface area contributed by atoms with E-state index in [2.05, 4.69) is 17.1 Å². The Morgan fingerprint density at radius 2 is 2.14 bits per heavy atom. The van der Waals surface area contributed by atoms with Crippen LogP contribution in [0.1, 0.15) is 25.3 Å². The number of nitrogens with one attached hydrogen (secondary N) is 1. The first-order valence-corrected chi connectivity index (χ1v) is 7.87. The third-order valence-electron chi connectivity index (χ3n) is 4.22. The first-order valence-electron chi connectivity index (χ1n) is 7.49. The van der Waals surface area contributed by atoms with Gasteiger partial charge in [0.05, 0.1) is 6.54 Å². The van der Waals surface area contributed by atoms with Crippen LogP contribution < -0.4 is 11.1 Å². The molecule has 2 rings (SSSR count). The lowest BCUT2D eigenvalue weighted by molar-refractivity contribution is -0.117. The number of hydrogen-bond donors (Lipinski definition) is 2. The number of amides is 1.